The number of nitrogen functional groups attached to an aromatic ring is 1. The summed E-state index contributed by atoms with van der Waals surface area (Å²) in [5.74, 6) is 1.32. The van der Waals surface area contributed by atoms with E-state index in [1.54, 1.807) is 6.92 Å². The molecule has 0 aromatic carbocycles. The van der Waals surface area contributed by atoms with Crippen LogP contribution in [-0.2, 0) is 9.84 Å². The largest absolute Gasteiger partial charge is 0.382 e. The van der Waals surface area contributed by atoms with Crippen LogP contribution >= 0.6 is 23.3 Å². The molecule has 0 bridgehead atoms. The van der Waals surface area contributed by atoms with Crippen LogP contribution in [0.3, 0.4) is 0 Å². The molecular formula is C11H21N3O2S3. The number of thioether (sulfide) groups is 1. The van der Waals surface area contributed by atoms with Crippen molar-refractivity contribution in [3.8, 4) is 0 Å². The van der Waals surface area contributed by atoms with E-state index in [1.807, 2.05) is 11.8 Å². The van der Waals surface area contributed by atoms with Gasteiger partial charge in [0.25, 0.3) is 0 Å². The molecule has 0 amide bonds. The molecule has 0 fully saturated rings. The number of sulfone groups is 1. The molecule has 0 aliphatic carbocycles. The molecule has 0 aliphatic heterocycles. The summed E-state index contributed by atoms with van der Waals surface area (Å²) in [5, 5.41) is 3.71. The summed E-state index contributed by atoms with van der Waals surface area (Å²) in [4.78, 5) is 0.170. The Morgan fingerprint density at radius 2 is 2.11 bits per heavy atom. The minimum absolute atomic E-state index is 0.0397. The molecule has 19 heavy (non-hydrogen) atoms. The Hall–Kier alpha value is -0.470. The average Bonchev–Trinajstić information content (AvgIpc) is 2.75. The first kappa shape index (κ1) is 16.6. The second kappa shape index (κ2) is 7.96. The highest BCUT2D eigenvalue weighted by Crippen LogP contribution is 2.32. The van der Waals surface area contributed by atoms with Crippen LogP contribution < -0.4 is 11.1 Å². The third-order valence-electron chi connectivity index (χ3n) is 2.68. The fourth-order valence-corrected chi connectivity index (χ4v) is 4.29. The van der Waals surface area contributed by atoms with Crippen molar-refractivity contribution in [3.05, 3.63) is 0 Å². The summed E-state index contributed by atoms with van der Waals surface area (Å²) < 4.78 is 27.8. The number of nitrogens with two attached hydrogens (primary N) is 1. The zero-order valence-corrected chi connectivity index (χ0v) is 13.8. The number of unbranched alkanes of at least 4 members (excludes halogenated alkanes) is 2. The SMILES string of the molecule is CCS(=O)(=O)c1c(N)nsc1NCCCCCSC. The third-order valence-corrected chi connectivity index (χ3v) is 6.12. The Labute approximate surface area is 123 Å². The molecule has 0 spiro atoms. The fourth-order valence-electron chi connectivity index (χ4n) is 1.60. The molecule has 0 saturated heterocycles. The topological polar surface area (TPSA) is 85.1 Å². The van der Waals surface area contributed by atoms with E-state index < -0.39 is 9.84 Å². The van der Waals surface area contributed by atoms with E-state index in [2.05, 4.69) is 15.9 Å². The highest BCUT2D eigenvalue weighted by Gasteiger charge is 2.23. The Bertz CT molecular complexity index is 485. The minimum Gasteiger partial charge on any atom is -0.382 e. The molecule has 8 heteroatoms. The Balaban J connectivity index is 2.56. The zero-order valence-electron chi connectivity index (χ0n) is 11.3. The van der Waals surface area contributed by atoms with Gasteiger partial charge in [-0.25, -0.2) is 8.42 Å². The Morgan fingerprint density at radius 3 is 2.74 bits per heavy atom. The van der Waals surface area contributed by atoms with Crippen LogP contribution in [0.5, 0.6) is 0 Å². The van der Waals surface area contributed by atoms with Crippen molar-refractivity contribution in [2.24, 2.45) is 0 Å². The van der Waals surface area contributed by atoms with Gasteiger partial charge in [0.2, 0.25) is 0 Å². The van der Waals surface area contributed by atoms with E-state index in [0.29, 0.717) is 5.00 Å². The summed E-state index contributed by atoms with van der Waals surface area (Å²) >= 11 is 2.96. The number of nitrogens with one attached hydrogen (secondary N) is 1. The van der Waals surface area contributed by atoms with Gasteiger partial charge in [0.15, 0.2) is 15.7 Å². The van der Waals surface area contributed by atoms with Gasteiger partial charge < -0.3 is 11.1 Å². The van der Waals surface area contributed by atoms with Crippen LogP contribution in [0.15, 0.2) is 4.90 Å². The molecule has 0 unspecified atom stereocenters. The number of hydrogen-bond acceptors (Lipinski definition) is 7. The lowest BCUT2D eigenvalue weighted by Gasteiger charge is -2.06. The molecule has 1 rings (SSSR count). The summed E-state index contributed by atoms with van der Waals surface area (Å²) in [7, 11) is -3.31. The van der Waals surface area contributed by atoms with Gasteiger partial charge in [-0.3, -0.25) is 0 Å². The van der Waals surface area contributed by atoms with E-state index in [9.17, 15) is 8.42 Å². The van der Waals surface area contributed by atoms with Crippen LogP contribution in [-0.4, -0.2) is 37.1 Å². The predicted octanol–water partition coefficient (Wildman–Crippen LogP) is 2.46. The summed E-state index contributed by atoms with van der Waals surface area (Å²) in [6.45, 7) is 2.36. The molecule has 0 radical (unpaired) electrons. The van der Waals surface area contributed by atoms with E-state index in [4.69, 9.17) is 5.73 Å². The van der Waals surface area contributed by atoms with E-state index in [1.165, 1.54) is 12.2 Å². The van der Waals surface area contributed by atoms with Crippen LogP contribution in [0.1, 0.15) is 26.2 Å². The lowest BCUT2D eigenvalue weighted by atomic mass is 10.2. The molecule has 110 valence electrons. The molecule has 5 nitrogen and oxygen atoms in total. The van der Waals surface area contributed by atoms with Gasteiger partial charge in [0.1, 0.15) is 9.90 Å². The summed E-state index contributed by atoms with van der Waals surface area (Å²) in [6, 6.07) is 0. The van der Waals surface area contributed by atoms with Gasteiger partial charge in [-0.15, -0.1) is 0 Å². The maximum absolute atomic E-state index is 11.9. The lowest BCUT2D eigenvalue weighted by Crippen LogP contribution is -2.10. The average molecular weight is 324 g/mol. The summed E-state index contributed by atoms with van der Waals surface area (Å²) in [5.41, 5.74) is 5.65. The first-order valence-electron chi connectivity index (χ1n) is 6.23. The number of anilines is 2. The first-order valence-corrected chi connectivity index (χ1v) is 10.1. The zero-order chi connectivity index (χ0) is 14.3. The number of hydrogen-bond donors (Lipinski definition) is 2. The Kier molecular flexibility index (Phi) is 6.95. The van der Waals surface area contributed by atoms with Gasteiger partial charge in [-0.1, -0.05) is 13.3 Å². The standard InChI is InChI=1S/C11H21N3O2S3/c1-3-19(15,16)9-10(12)14-18-11(9)13-7-5-4-6-8-17-2/h13H,3-8H2,1-2H3,(H2,12,14). The maximum Gasteiger partial charge on any atom is 0.184 e. The monoisotopic (exact) mass is 323 g/mol. The van der Waals surface area contributed by atoms with Crippen LogP contribution in [0, 0.1) is 0 Å². The molecule has 1 aromatic heterocycles. The first-order chi connectivity index (χ1) is 9.03. The molecular weight excluding hydrogens is 302 g/mol. The van der Waals surface area contributed by atoms with Crippen molar-refractivity contribution in [3.63, 3.8) is 0 Å². The molecule has 0 atom stereocenters. The van der Waals surface area contributed by atoms with E-state index in [-0.39, 0.29) is 16.5 Å². The lowest BCUT2D eigenvalue weighted by molar-refractivity contribution is 0.598. The van der Waals surface area contributed by atoms with E-state index in [0.717, 1.165) is 30.9 Å². The smallest absolute Gasteiger partial charge is 0.184 e. The number of rotatable bonds is 9. The Morgan fingerprint density at radius 1 is 1.37 bits per heavy atom. The molecule has 0 aliphatic rings. The maximum atomic E-state index is 11.9. The third kappa shape index (κ3) is 4.85. The fraction of sp³-hybridized carbons (Fsp3) is 0.727. The summed E-state index contributed by atoms with van der Waals surface area (Å²) in [6.07, 6.45) is 5.44. The highest BCUT2D eigenvalue weighted by atomic mass is 32.2. The number of aromatic nitrogens is 1. The van der Waals surface area contributed by atoms with Crippen molar-refractivity contribution < 1.29 is 8.42 Å². The van der Waals surface area contributed by atoms with Crippen LogP contribution in [0.25, 0.3) is 0 Å². The molecule has 1 aromatic rings. The molecule has 0 saturated carbocycles. The normalized spacial score (nSPS) is 11.7. The van der Waals surface area contributed by atoms with E-state index >= 15 is 0 Å². The second-order valence-corrected chi connectivity index (χ2v) is 8.08. The van der Waals surface area contributed by atoms with Gasteiger partial charge in [0, 0.05) is 6.54 Å². The van der Waals surface area contributed by atoms with Crippen molar-refractivity contribution in [1.82, 2.24) is 4.37 Å². The molecule has 1 heterocycles. The van der Waals surface area contributed by atoms with Crippen molar-refractivity contribution >= 4 is 44.0 Å². The number of nitrogens with zero attached hydrogens (tertiary/aromatic N) is 1. The van der Waals surface area contributed by atoms with Crippen molar-refractivity contribution in [1.29, 1.82) is 0 Å². The quantitative estimate of drug-likeness (QED) is 0.679. The minimum atomic E-state index is -3.31. The van der Waals surface area contributed by atoms with Gasteiger partial charge >= 0.3 is 0 Å². The molecule has 3 N–H and O–H groups in total. The van der Waals surface area contributed by atoms with Crippen LogP contribution in [0.2, 0.25) is 0 Å². The second-order valence-electron chi connectivity index (χ2n) is 4.11. The van der Waals surface area contributed by atoms with Gasteiger partial charge in [-0.05, 0) is 36.4 Å². The van der Waals surface area contributed by atoms with Crippen molar-refractivity contribution in [2.45, 2.75) is 31.1 Å². The highest BCUT2D eigenvalue weighted by molar-refractivity contribution is 7.98. The van der Waals surface area contributed by atoms with Crippen molar-refractivity contribution in [2.75, 3.05) is 35.4 Å². The predicted molar refractivity (Wildman–Crippen MR) is 85.0 cm³/mol. The van der Waals surface area contributed by atoms with Crippen LogP contribution in [0.4, 0.5) is 10.8 Å². The van der Waals surface area contributed by atoms with Gasteiger partial charge in [0.05, 0.1) is 5.75 Å². The van der Waals surface area contributed by atoms with Gasteiger partial charge in [-0.2, -0.15) is 16.1 Å².